The number of carbonyl (C=O) groups is 1. The summed E-state index contributed by atoms with van der Waals surface area (Å²) < 4.78 is 5.14. The highest BCUT2D eigenvalue weighted by molar-refractivity contribution is 5.77. The Hall–Kier alpha value is -0.570. The minimum absolute atomic E-state index is 0.00981. The maximum atomic E-state index is 11.0. The van der Waals surface area contributed by atoms with Gasteiger partial charge in [0.25, 0.3) is 0 Å². The summed E-state index contributed by atoms with van der Waals surface area (Å²) in [5, 5.41) is 2.84. The molecule has 3 nitrogen and oxygen atoms in total. The van der Waals surface area contributed by atoms with Crippen LogP contribution in [0.1, 0.15) is 26.7 Å². The summed E-state index contributed by atoms with van der Waals surface area (Å²) in [6, 6.07) is 0. The van der Waals surface area contributed by atoms with Crippen molar-refractivity contribution in [3.8, 4) is 0 Å². The Morgan fingerprint density at radius 1 is 1.58 bits per heavy atom. The van der Waals surface area contributed by atoms with Gasteiger partial charge < -0.3 is 10.1 Å². The Balaban J connectivity index is 1.95. The van der Waals surface area contributed by atoms with E-state index in [1.165, 1.54) is 12.8 Å². The molecule has 1 aliphatic carbocycles. The third-order valence-electron chi connectivity index (χ3n) is 1.83. The summed E-state index contributed by atoms with van der Waals surface area (Å²) >= 11 is 0. The predicted octanol–water partition coefficient (Wildman–Crippen LogP) is 0.938. The van der Waals surface area contributed by atoms with Crippen LogP contribution in [0, 0.1) is 5.92 Å². The van der Waals surface area contributed by atoms with Crippen LogP contribution in [0.2, 0.25) is 0 Å². The number of ether oxygens (including phenoxy) is 1. The van der Waals surface area contributed by atoms with E-state index < -0.39 is 0 Å². The van der Waals surface area contributed by atoms with Crippen LogP contribution in [-0.4, -0.2) is 25.2 Å². The van der Waals surface area contributed by atoms with Crippen LogP contribution >= 0.6 is 0 Å². The second-order valence-electron chi connectivity index (χ2n) is 3.61. The maximum absolute atomic E-state index is 11.0. The average Bonchev–Trinajstić information content (AvgIpc) is 2.80. The second kappa shape index (κ2) is 4.45. The minimum Gasteiger partial charge on any atom is -0.369 e. The van der Waals surface area contributed by atoms with Crippen molar-refractivity contribution in [3.63, 3.8) is 0 Å². The van der Waals surface area contributed by atoms with Crippen molar-refractivity contribution in [2.45, 2.75) is 32.8 Å². The molecule has 0 spiro atoms. The minimum atomic E-state index is 0.00981. The summed E-state index contributed by atoms with van der Waals surface area (Å²) in [7, 11) is 0. The lowest BCUT2D eigenvalue weighted by Crippen LogP contribution is -2.30. The molecule has 0 heterocycles. The zero-order chi connectivity index (χ0) is 8.97. The first-order chi connectivity index (χ1) is 5.68. The Kier molecular flexibility index (Phi) is 3.53. The molecular weight excluding hydrogens is 154 g/mol. The van der Waals surface area contributed by atoms with Gasteiger partial charge in [-0.25, -0.2) is 0 Å². The number of amides is 1. The van der Waals surface area contributed by atoms with E-state index >= 15 is 0 Å². The van der Waals surface area contributed by atoms with Crippen molar-refractivity contribution < 1.29 is 9.53 Å². The van der Waals surface area contributed by atoms with E-state index in [4.69, 9.17) is 4.74 Å². The molecule has 0 radical (unpaired) electrons. The third-order valence-corrected chi connectivity index (χ3v) is 1.83. The van der Waals surface area contributed by atoms with Crippen LogP contribution in [0.25, 0.3) is 0 Å². The number of rotatable bonds is 5. The van der Waals surface area contributed by atoms with Gasteiger partial charge in [-0.3, -0.25) is 4.79 Å². The lowest BCUT2D eigenvalue weighted by Gasteiger charge is -2.07. The van der Waals surface area contributed by atoms with E-state index in [0.29, 0.717) is 0 Å². The van der Waals surface area contributed by atoms with Crippen LogP contribution in [-0.2, 0) is 9.53 Å². The predicted molar refractivity (Wildman–Crippen MR) is 46.8 cm³/mol. The quantitative estimate of drug-likeness (QED) is 0.668. The fraction of sp³-hybridized carbons (Fsp3) is 0.889. The van der Waals surface area contributed by atoms with Gasteiger partial charge in [-0.2, -0.15) is 0 Å². The standard InChI is InChI=1S/C9H17NO2/c1-7(2)12-6-9(11)10-5-8-3-4-8/h7-8H,3-6H2,1-2H3,(H,10,11). The van der Waals surface area contributed by atoms with Crippen LogP contribution < -0.4 is 5.32 Å². The molecule has 1 aliphatic rings. The molecule has 0 saturated heterocycles. The summed E-state index contributed by atoms with van der Waals surface area (Å²) in [4.78, 5) is 11.0. The van der Waals surface area contributed by atoms with E-state index in [1.807, 2.05) is 13.8 Å². The van der Waals surface area contributed by atoms with Gasteiger partial charge in [-0.15, -0.1) is 0 Å². The lowest BCUT2D eigenvalue weighted by atomic mass is 10.4. The van der Waals surface area contributed by atoms with E-state index in [2.05, 4.69) is 5.32 Å². The molecular formula is C9H17NO2. The van der Waals surface area contributed by atoms with E-state index in [9.17, 15) is 4.79 Å². The first-order valence-corrected chi connectivity index (χ1v) is 4.57. The average molecular weight is 171 g/mol. The second-order valence-corrected chi connectivity index (χ2v) is 3.61. The van der Waals surface area contributed by atoms with Gasteiger partial charge in [-0.1, -0.05) is 0 Å². The van der Waals surface area contributed by atoms with Gasteiger partial charge in [0.2, 0.25) is 5.91 Å². The van der Waals surface area contributed by atoms with Crippen molar-refractivity contribution >= 4 is 5.91 Å². The molecule has 1 N–H and O–H groups in total. The molecule has 1 rings (SSSR count). The Labute approximate surface area is 73.5 Å². The van der Waals surface area contributed by atoms with E-state index in [-0.39, 0.29) is 18.6 Å². The maximum Gasteiger partial charge on any atom is 0.246 e. The molecule has 70 valence electrons. The summed E-state index contributed by atoms with van der Waals surface area (Å²) in [6.07, 6.45) is 2.67. The Morgan fingerprint density at radius 3 is 2.75 bits per heavy atom. The smallest absolute Gasteiger partial charge is 0.246 e. The molecule has 0 atom stereocenters. The monoisotopic (exact) mass is 171 g/mol. The SMILES string of the molecule is CC(C)OCC(=O)NCC1CC1. The van der Waals surface area contributed by atoms with Crippen LogP contribution in [0.3, 0.4) is 0 Å². The zero-order valence-corrected chi connectivity index (χ0v) is 7.80. The topological polar surface area (TPSA) is 38.3 Å². The molecule has 1 saturated carbocycles. The molecule has 0 aromatic carbocycles. The van der Waals surface area contributed by atoms with Crippen molar-refractivity contribution in [2.24, 2.45) is 5.92 Å². The number of nitrogens with one attached hydrogen (secondary N) is 1. The molecule has 0 aromatic heterocycles. The third kappa shape index (κ3) is 4.34. The summed E-state index contributed by atoms with van der Waals surface area (Å²) in [5.74, 6) is 0.753. The lowest BCUT2D eigenvalue weighted by molar-refractivity contribution is -0.127. The molecule has 1 fully saturated rings. The Morgan fingerprint density at radius 2 is 2.25 bits per heavy atom. The molecule has 1 amide bonds. The largest absolute Gasteiger partial charge is 0.369 e. The van der Waals surface area contributed by atoms with Crippen LogP contribution in [0.4, 0.5) is 0 Å². The number of hydrogen-bond acceptors (Lipinski definition) is 2. The Bertz CT molecular complexity index is 145. The first-order valence-electron chi connectivity index (χ1n) is 4.57. The highest BCUT2D eigenvalue weighted by atomic mass is 16.5. The van der Waals surface area contributed by atoms with Gasteiger partial charge in [0.15, 0.2) is 0 Å². The number of carbonyl (C=O) groups excluding carboxylic acids is 1. The molecule has 0 unspecified atom stereocenters. The van der Waals surface area contributed by atoms with E-state index in [0.717, 1.165) is 12.5 Å². The van der Waals surface area contributed by atoms with Crippen molar-refractivity contribution in [3.05, 3.63) is 0 Å². The normalized spacial score (nSPS) is 16.6. The van der Waals surface area contributed by atoms with E-state index in [1.54, 1.807) is 0 Å². The fourth-order valence-electron chi connectivity index (χ4n) is 0.874. The van der Waals surface area contributed by atoms with Crippen LogP contribution in [0.5, 0.6) is 0 Å². The van der Waals surface area contributed by atoms with Gasteiger partial charge in [0.05, 0.1) is 6.10 Å². The van der Waals surface area contributed by atoms with Crippen molar-refractivity contribution in [1.82, 2.24) is 5.32 Å². The van der Waals surface area contributed by atoms with Gasteiger partial charge in [-0.05, 0) is 32.6 Å². The molecule has 0 aliphatic heterocycles. The zero-order valence-electron chi connectivity index (χ0n) is 7.80. The first kappa shape index (κ1) is 9.52. The highest BCUT2D eigenvalue weighted by Crippen LogP contribution is 2.27. The van der Waals surface area contributed by atoms with Gasteiger partial charge in [0, 0.05) is 6.54 Å². The molecule has 3 heteroatoms. The molecule has 12 heavy (non-hydrogen) atoms. The molecule has 0 bridgehead atoms. The van der Waals surface area contributed by atoms with Gasteiger partial charge >= 0.3 is 0 Å². The van der Waals surface area contributed by atoms with Crippen molar-refractivity contribution in [2.75, 3.05) is 13.2 Å². The van der Waals surface area contributed by atoms with Crippen molar-refractivity contribution in [1.29, 1.82) is 0 Å². The summed E-state index contributed by atoms with van der Waals surface area (Å²) in [6.45, 7) is 4.88. The highest BCUT2D eigenvalue weighted by Gasteiger charge is 2.21. The number of hydrogen-bond donors (Lipinski definition) is 1. The van der Waals surface area contributed by atoms with Crippen LogP contribution in [0.15, 0.2) is 0 Å². The van der Waals surface area contributed by atoms with Gasteiger partial charge in [0.1, 0.15) is 6.61 Å². The molecule has 0 aromatic rings. The fourth-order valence-corrected chi connectivity index (χ4v) is 0.874. The summed E-state index contributed by atoms with van der Waals surface area (Å²) in [5.41, 5.74) is 0.